The zero-order valence-corrected chi connectivity index (χ0v) is 9.66. The molecule has 2 heterocycles. The van der Waals surface area contributed by atoms with Crippen molar-refractivity contribution in [1.82, 2.24) is 5.32 Å². The number of halogens is 1. The van der Waals surface area contributed by atoms with Crippen LogP contribution in [0.25, 0.3) is 0 Å². The SMILES string of the molecule is O=C(CF)c1ccc(C2CC3CCC2N3)cc1. The van der Waals surface area contributed by atoms with Crippen molar-refractivity contribution in [2.45, 2.75) is 37.3 Å². The highest BCUT2D eigenvalue weighted by atomic mass is 19.1. The summed E-state index contributed by atoms with van der Waals surface area (Å²) in [6.45, 7) is -0.908. The molecule has 0 aromatic heterocycles. The van der Waals surface area contributed by atoms with E-state index in [-0.39, 0.29) is 0 Å². The molecule has 0 radical (unpaired) electrons. The van der Waals surface area contributed by atoms with Gasteiger partial charge >= 0.3 is 0 Å². The Balaban J connectivity index is 1.78. The van der Waals surface area contributed by atoms with Gasteiger partial charge in [-0.15, -0.1) is 0 Å². The topological polar surface area (TPSA) is 29.1 Å². The number of hydrogen-bond acceptors (Lipinski definition) is 2. The molecule has 90 valence electrons. The van der Waals surface area contributed by atoms with Gasteiger partial charge in [-0.1, -0.05) is 24.3 Å². The highest BCUT2D eigenvalue weighted by molar-refractivity contribution is 5.96. The van der Waals surface area contributed by atoms with Crippen molar-refractivity contribution in [2.75, 3.05) is 6.67 Å². The zero-order valence-electron chi connectivity index (χ0n) is 9.66. The van der Waals surface area contributed by atoms with Gasteiger partial charge < -0.3 is 5.32 Å². The molecule has 2 bridgehead atoms. The summed E-state index contributed by atoms with van der Waals surface area (Å²) in [5.41, 5.74) is 1.76. The molecule has 3 atom stereocenters. The first kappa shape index (κ1) is 10.9. The number of nitrogens with one attached hydrogen (secondary N) is 1. The number of fused-ring (bicyclic) bond motifs is 2. The predicted octanol–water partition coefficient (Wildman–Crippen LogP) is 2.45. The summed E-state index contributed by atoms with van der Waals surface area (Å²) in [5, 5.41) is 3.60. The molecule has 2 aliphatic heterocycles. The van der Waals surface area contributed by atoms with Gasteiger partial charge in [-0.25, -0.2) is 4.39 Å². The molecule has 1 N–H and O–H groups in total. The molecule has 1 aromatic carbocycles. The van der Waals surface area contributed by atoms with E-state index in [2.05, 4.69) is 5.32 Å². The van der Waals surface area contributed by atoms with E-state index in [4.69, 9.17) is 0 Å². The normalized spacial score (nSPS) is 30.8. The van der Waals surface area contributed by atoms with Crippen LogP contribution in [-0.2, 0) is 0 Å². The average molecular weight is 233 g/mol. The highest BCUT2D eigenvalue weighted by Gasteiger charge is 2.39. The fourth-order valence-corrected chi connectivity index (χ4v) is 3.19. The van der Waals surface area contributed by atoms with Crippen molar-refractivity contribution in [3.63, 3.8) is 0 Å². The minimum Gasteiger partial charge on any atom is -0.311 e. The van der Waals surface area contributed by atoms with Crippen LogP contribution in [0.4, 0.5) is 4.39 Å². The summed E-state index contributed by atoms with van der Waals surface area (Å²) in [4.78, 5) is 11.2. The molecule has 2 saturated heterocycles. The molecule has 3 unspecified atom stereocenters. The second kappa shape index (κ2) is 4.22. The van der Waals surface area contributed by atoms with Crippen LogP contribution >= 0.6 is 0 Å². The summed E-state index contributed by atoms with van der Waals surface area (Å²) in [6, 6.07) is 8.75. The van der Waals surface area contributed by atoms with E-state index < -0.39 is 12.5 Å². The molecule has 2 aliphatic rings. The van der Waals surface area contributed by atoms with Crippen molar-refractivity contribution < 1.29 is 9.18 Å². The Morgan fingerprint density at radius 3 is 2.59 bits per heavy atom. The Labute approximate surface area is 100 Å². The number of benzene rings is 1. The molecule has 3 rings (SSSR count). The summed E-state index contributed by atoms with van der Waals surface area (Å²) in [6.07, 6.45) is 3.74. The van der Waals surface area contributed by atoms with Crippen LogP contribution in [0.15, 0.2) is 24.3 Å². The highest BCUT2D eigenvalue weighted by Crippen LogP contribution is 2.39. The van der Waals surface area contributed by atoms with Gasteiger partial charge in [-0.2, -0.15) is 0 Å². The van der Waals surface area contributed by atoms with Crippen LogP contribution in [0.1, 0.15) is 41.1 Å². The average Bonchev–Trinajstić information content (AvgIpc) is 3.00. The maximum atomic E-state index is 12.2. The monoisotopic (exact) mass is 233 g/mol. The van der Waals surface area contributed by atoms with Gasteiger partial charge in [0.25, 0.3) is 0 Å². The quantitative estimate of drug-likeness (QED) is 0.812. The van der Waals surface area contributed by atoms with Gasteiger partial charge in [0.1, 0.15) is 0 Å². The molecular weight excluding hydrogens is 217 g/mol. The van der Waals surface area contributed by atoms with Crippen molar-refractivity contribution in [2.24, 2.45) is 0 Å². The number of hydrogen-bond donors (Lipinski definition) is 1. The Hall–Kier alpha value is -1.22. The number of carbonyl (C=O) groups excluding carboxylic acids is 1. The van der Waals surface area contributed by atoms with Gasteiger partial charge in [0, 0.05) is 23.6 Å². The second-order valence-electron chi connectivity index (χ2n) is 5.07. The summed E-state index contributed by atoms with van der Waals surface area (Å²) in [5.74, 6) is 0.144. The molecule has 0 saturated carbocycles. The van der Waals surface area contributed by atoms with Crippen molar-refractivity contribution in [3.05, 3.63) is 35.4 Å². The molecular formula is C14H16FNO. The molecule has 0 spiro atoms. The van der Waals surface area contributed by atoms with Crippen LogP contribution in [0.2, 0.25) is 0 Å². The van der Waals surface area contributed by atoms with Crippen LogP contribution in [0, 0.1) is 0 Å². The van der Waals surface area contributed by atoms with Gasteiger partial charge in [0.2, 0.25) is 0 Å². The molecule has 0 aliphatic carbocycles. The fourth-order valence-electron chi connectivity index (χ4n) is 3.19. The minimum atomic E-state index is -0.908. The lowest BCUT2D eigenvalue weighted by Gasteiger charge is -2.20. The van der Waals surface area contributed by atoms with Crippen LogP contribution in [0.5, 0.6) is 0 Å². The van der Waals surface area contributed by atoms with Crippen LogP contribution < -0.4 is 5.32 Å². The van der Waals surface area contributed by atoms with E-state index >= 15 is 0 Å². The first-order valence-corrected chi connectivity index (χ1v) is 6.23. The molecule has 2 nitrogen and oxygen atoms in total. The van der Waals surface area contributed by atoms with Gasteiger partial charge in [-0.3, -0.25) is 4.79 Å². The smallest absolute Gasteiger partial charge is 0.193 e. The summed E-state index contributed by atoms with van der Waals surface area (Å²) in [7, 11) is 0. The first-order chi connectivity index (χ1) is 8.28. The fraction of sp³-hybridized carbons (Fsp3) is 0.500. The molecule has 3 heteroatoms. The Bertz CT molecular complexity index is 428. The predicted molar refractivity (Wildman–Crippen MR) is 64.1 cm³/mol. The standard InChI is InChI=1S/C14H16FNO/c15-8-14(17)10-3-1-9(2-4-10)12-7-11-5-6-13(12)16-11/h1-4,11-13,16H,5-8H2. The maximum absolute atomic E-state index is 12.2. The number of ketones is 1. The van der Waals surface area contributed by atoms with E-state index in [9.17, 15) is 9.18 Å². The largest absolute Gasteiger partial charge is 0.311 e. The number of Topliss-reactive ketones (excluding diaryl/α,β-unsaturated/α-hetero) is 1. The van der Waals surface area contributed by atoms with Crippen LogP contribution in [-0.4, -0.2) is 24.5 Å². The van der Waals surface area contributed by atoms with Crippen molar-refractivity contribution >= 4 is 5.78 Å². The van der Waals surface area contributed by atoms with Gasteiger partial charge in [-0.05, 0) is 24.8 Å². The Morgan fingerprint density at radius 1 is 1.29 bits per heavy atom. The number of alkyl halides is 1. The number of carbonyl (C=O) groups is 1. The molecule has 0 amide bonds. The zero-order chi connectivity index (χ0) is 11.8. The maximum Gasteiger partial charge on any atom is 0.193 e. The van der Waals surface area contributed by atoms with Gasteiger partial charge in [0.15, 0.2) is 12.5 Å². The van der Waals surface area contributed by atoms with E-state index in [1.54, 1.807) is 12.1 Å². The lowest BCUT2D eigenvalue weighted by molar-refractivity contribution is 0.0958. The third-order valence-corrected chi connectivity index (χ3v) is 4.08. The van der Waals surface area contributed by atoms with E-state index in [1.807, 2.05) is 12.1 Å². The third kappa shape index (κ3) is 1.89. The van der Waals surface area contributed by atoms with Crippen molar-refractivity contribution in [1.29, 1.82) is 0 Å². The van der Waals surface area contributed by atoms with E-state index in [1.165, 1.54) is 24.8 Å². The third-order valence-electron chi connectivity index (χ3n) is 4.08. The Morgan fingerprint density at radius 2 is 2.06 bits per heavy atom. The Kier molecular flexibility index (Phi) is 2.71. The van der Waals surface area contributed by atoms with Crippen molar-refractivity contribution in [3.8, 4) is 0 Å². The van der Waals surface area contributed by atoms with Gasteiger partial charge in [0.05, 0.1) is 0 Å². The molecule has 1 aromatic rings. The molecule has 17 heavy (non-hydrogen) atoms. The lowest BCUT2D eigenvalue weighted by Crippen LogP contribution is -2.21. The van der Waals surface area contributed by atoms with E-state index in [0.717, 1.165) is 0 Å². The minimum absolute atomic E-state index is 0.428. The first-order valence-electron chi connectivity index (χ1n) is 6.23. The lowest BCUT2D eigenvalue weighted by atomic mass is 9.83. The molecule has 2 fully saturated rings. The second-order valence-corrected chi connectivity index (χ2v) is 5.07. The van der Waals surface area contributed by atoms with Crippen LogP contribution in [0.3, 0.4) is 0 Å². The van der Waals surface area contributed by atoms with E-state index in [0.29, 0.717) is 23.6 Å². The summed E-state index contributed by atoms with van der Waals surface area (Å²) < 4.78 is 12.2. The summed E-state index contributed by atoms with van der Waals surface area (Å²) >= 11 is 0. The number of rotatable bonds is 3.